The fraction of sp³-hybridized carbons (Fsp3) is 0.714. The summed E-state index contributed by atoms with van der Waals surface area (Å²) in [5.74, 6) is -0.195. The van der Waals surface area contributed by atoms with Crippen LogP contribution < -0.4 is 4.90 Å². The van der Waals surface area contributed by atoms with Crippen molar-refractivity contribution in [2.24, 2.45) is 0 Å². The number of halogens is 3. The van der Waals surface area contributed by atoms with Gasteiger partial charge in [-0.2, -0.15) is 13.2 Å². The third kappa shape index (κ3) is 7.26. The van der Waals surface area contributed by atoms with Gasteiger partial charge in [0.15, 0.2) is 0 Å². The van der Waals surface area contributed by atoms with Crippen molar-refractivity contribution in [1.82, 2.24) is 19.8 Å². The maximum Gasteiger partial charge on any atom is 0.419 e. The number of anilines is 1. The first-order valence-electron chi connectivity index (χ1n) is 10.9. The molecule has 33 heavy (non-hydrogen) atoms. The monoisotopic (exact) mass is 473 g/mol. The summed E-state index contributed by atoms with van der Waals surface area (Å²) in [5, 5.41) is 0. The van der Waals surface area contributed by atoms with Crippen LogP contribution in [0.3, 0.4) is 0 Å². The van der Waals surface area contributed by atoms with Crippen molar-refractivity contribution in [3.8, 4) is 0 Å². The predicted octanol–water partition coefficient (Wildman–Crippen LogP) is 1.58. The van der Waals surface area contributed by atoms with Crippen molar-refractivity contribution in [3.63, 3.8) is 0 Å². The molecule has 2 saturated heterocycles. The number of morpholine rings is 1. The predicted molar refractivity (Wildman–Crippen MR) is 112 cm³/mol. The van der Waals surface area contributed by atoms with Gasteiger partial charge in [0, 0.05) is 57.6 Å². The molecular formula is C21H30F3N5O4. The average Bonchev–Trinajstić information content (AvgIpc) is 2.73. The molecule has 0 unspecified atom stereocenters. The van der Waals surface area contributed by atoms with Crippen LogP contribution >= 0.6 is 0 Å². The topological polar surface area (TPSA) is 88.1 Å². The second kappa shape index (κ2) is 10.2. The number of esters is 1. The van der Waals surface area contributed by atoms with Crippen LogP contribution in [0.4, 0.5) is 19.1 Å². The zero-order valence-electron chi connectivity index (χ0n) is 19.1. The maximum absolute atomic E-state index is 12.9. The van der Waals surface area contributed by atoms with Crippen molar-refractivity contribution >= 4 is 17.8 Å². The molecule has 1 atom stereocenters. The van der Waals surface area contributed by atoms with Gasteiger partial charge in [0.25, 0.3) is 0 Å². The molecule has 12 heteroatoms. The minimum Gasteiger partial charge on any atom is -0.459 e. The Labute approximate surface area is 190 Å². The molecule has 184 valence electrons. The standard InChI is InChI=1S/C21H30F3N5O4/c1-20(2,3)33-18(31)13-29-8-9-32-14-16(29)10-17(30)27-4-6-28(7-5-27)19-25-11-15(12-26-19)21(22,23)24/h11-12,16H,4-10,13-14H2,1-3H3/t16-/m1/s1. The molecule has 9 nitrogen and oxygen atoms in total. The lowest BCUT2D eigenvalue weighted by atomic mass is 10.1. The Bertz CT molecular complexity index is 821. The quantitative estimate of drug-likeness (QED) is 0.596. The highest BCUT2D eigenvalue weighted by Crippen LogP contribution is 2.28. The molecule has 0 bridgehead atoms. The molecule has 0 saturated carbocycles. The van der Waals surface area contributed by atoms with E-state index in [4.69, 9.17) is 9.47 Å². The minimum atomic E-state index is -4.48. The summed E-state index contributed by atoms with van der Waals surface area (Å²) >= 11 is 0. The van der Waals surface area contributed by atoms with Crippen molar-refractivity contribution in [2.75, 3.05) is 57.4 Å². The van der Waals surface area contributed by atoms with Gasteiger partial charge in [0.2, 0.25) is 11.9 Å². The van der Waals surface area contributed by atoms with Crippen molar-refractivity contribution in [1.29, 1.82) is 0 Å². The molecule has 3 rings (SSSR count). The smallest absolute Gasteiger partial charge is 0.419 e. The number of piperazine rings is 1. The van der Waals surface area contributed by atoms with E-state index in [0.29, 0.717) is 45.9 Å². The number of nitrogens with zero attached hydrogens (tertiary/aromatic N) is 5. The van der Waals surface area contributed by atoms with Gasteiger partial charge >= 0.3 is 12.1 Å². The third-order valence-corrected chi connectivity index (χ3v) is 5.39. The average molecular weight is 473 g/mol. The Morgan fingerprint density at radius 3 is 2.30 bits per heavy atom. The number of hydrogen-bond donors (Lipinski definition) is 0. The molecule has 2 aliphatic rings. The van der Waals surface area contributed by atoms with E-state index in [0.717, 1.165) is 12.4 Å². The van der Waals surface area contributed by atoms with Gasteiger partial charge in [0.1, 0.15) is 5.60 Å². The summed E-state index contributed by atoms with van der Waals surface area (Å²) in [5.41, 5.74) is -1.48. The van der Waals surface area contributed by atoms with E-state index in [1.165, 1.54) is 0 Å². The molecule has 1 amide bonds. The first-order valence-corrected chi connectivity index (χ1v) is 10.9. The first kappa shape index (κ1) is 25.2. The normalized spacial score (nSPS) is 20.6. The summed E-state index contributed by atoms with van der Waals surface area (Å²) in [6, 6.07) is -0.227. The molecule has 2 aliphatic heterocycles. The van der Waals surface area contributed by atoms with E-state index in [2.05, 4.69) is 9.97 Å². The van der Waals surface area contributed by atoms with Gasteiger partial charge < -0.3 is 19.3 Å². The Morgan fingerprint density at radius 1 is 1.09 bits per heavy atom. The number of aromatic nitrogens is 2. The fourth-order valence-electron chi connectivity index (χ4n) is 3.74. The number of ether oxygens (including phenoxy) is 2. The van der Waals surface area contributed by atoms with Crippen LogP contribution in [0.25, 0.3) is 0 Å². The second-order valence-corrected chi connectivity index (χ2v) is 9.13. The molecule has 3 heterocycles. The second-order valence-electron chi connectivity index (χ2n) is 9.13. The number of rotatable bonds is 5. The Hall–Kier alpha value is -2.47. The molecule has 0 aliphatic carbocycles. The highest BCUT2D eigenvalue weighted by atomic mass is 19.4. The van der Waals surface area contributed by atoms with Gasteiger partial charge in [-0.1, -0.05) is 0 Å². The Morgan fingerprint density at radius 2 is 1.73 bits per heavy atom. The number of carbonyl (C=O) groups is 2. The van der Waals surface area contributed by atoms with Crippen LogP contribution in [0.2, 0.25) is 0 Å². The summed E-state index contributed by atoms with van der Waals surface area (Å²) in [6.07, 6.45) is -2.74. The molecule has 1 aromatic heterocycles. The molecule has 1 aromatic rings. The lowest BCUT2D eigenvalue weighted by Crippen LogP contribution is -2.53. The number of amides is 1. The number of alkyl halides is 3. The Kier molecular flexibility index (Phi) is 7.78. The van der Waals surface area contributed by atoms with Crippen LogP contribution in [-0.4, -0.2) is 95.8 Å². The molecule has 0 N–H and O–H groups in total. The van der Waals surface area contributed by atoms with Gasteiger partial charge in [-0.15, -0.1) is 0 Å². The summed E-state index contributed by atoms with van der Waals surface area (Å²) in [4.78, 5) is 38.1. The van der Waals surface area contributed by atoms with Gasteiger partial charge in [0.05, 0.1) is 25.3 Å². The van der Waals surface area contributed by atoms with E-state index < -0.39 is 17.3 Å². The van der Waals surface area contributed by atoms with Crippen molar-refractivity contribution in [2.45, 2.75) is 45.0 Å². The van der Waals surface area contributed by atoms with Crippen LogP contribution in [0.5, 0.6) is 0 Å². The molecule has 0 aromatic carbocycles. The van der Waals surface area contributed by atoms with E-state index >= 15 is 0 Å². The number of carbonyl (C=O) groups excluding carboxylic acids is 2. The molecule has 0 radical (unpaired) electrons. The largest absolute Gasteiger partial charge is 0.459 e. The fourth-order valence-corrected chi connectivity index (χ4v) is 3.74. The van der Waals surface area contributed by atoms with E-state index in [-0.39, 0.29) is 36.8 Å². The van der Waals surface area contributed by atoms with Crippen LogP contribution in [0, 0.1) is 0 Å². The zero-order chi connectivity index (χ0) is 24.2. The van der Waals surface area contributed by atoms with E-state index in [1.54, 1.807) is 30.6 Å². The summed E-state index contributed by atoms with van der Waals surface area (Å²) in [6.45, 7) is 8.54. The third-order valence-electron chi connectivity index (χ3n) is 5.39. The zero-order valence-corrected chi connectivity index (χ0v) is 19.1. The lowest BCUT2D eigenvalue weighted by molar-refractivity contribution is -0.159. The molecule has 2 fully saturated rings. The van der Waals surface area contributed by atoms with Crippen LogP contribution in [0.15, 0.2) is 12.4 Å². The number of hydrogen-bond acceptors (Lipinski definition) is 8. The highest BCUT2D eigenvalue weighted by Gasteiger charge is 2.33. The van der Waals surface area contributed by atoms with E-state index in [1.807, 2.05) is 4.90 Å². The molecular weight excluding hydrogens is 443 g/mol. The highest BCUT2D eigenvalue weighted by molar-refractivity contribution is 5.77. The minimum absolute atomic E-state index is 0.0623. The van der Waals surface area contributed by atoms with Crippen LogP contribution in [0.1, 0.15) is 32.8 Å². The summed E-state index contributed by atoms with van der Waals surface area (Å²) < 4.78 is 49.0. The summed E-state index contributed by atoms with van der Waals surface area (Å²) in [7, 11) is 0. The van der Waals surface area contributed by atoms with Gasteiger partial charge in [-0.25, -0.2) is 9.97 Å². The SMILES string of the molecule is CC(C)(C)OC(=O)CN1CCOC[C@H]1CC(=O)N1CCN(c2ncc(C(F)(F)F)cn2)CC1. The Balaban J connectivity index is 1.51. The van der Waals surface area contributed by atoms with Crippen molar-refractivity contribution < 1.29 is 32.2 Å². The maximum atomic E-state index is 12.9. The lowest BCUT2D eigenvalue weighted by Gasteiger charge is -2.38. The molecule has 0 spiro atoms. The van der Waals surface area contributed by atoms with Gasteiger partial charge in [-0.05, 0) is 20.8 Å². The van der Waals surface area contributed by atoms with E-state index in [9.17, 15) is 22.8 Å². The first-order chi connectivity index (χ1) is 15.4. The van der Waals surface area contributed by atoms with Crippen molar-refractivity contribution in [3.05, 3.63) is 18.0 Å². The van der Waals surface area contributed by atoms with Gasteiger partial charge in [-0.3, -0.25) is 14.5 Å². The van der Waals surface area contributed by atoms with Crippen LogP contribution in [-0.2, 0) is 25.2 Å².